The van der Waals surface area contributed by atoms with Crippen molar-refractivity contribution < 1.29 is 29.4 Å². The number of nitrogens with one attached hydrogen (secondary N) is 1. The van der Waals surface area contributed by atoms with Gasteiger partial charge in [-0.15, -0.1) is 0 Å². The van der Waals surface area contributed by atoms with Crippen LogP contribution in [-0.4, -0.2) is 111 Å². The third-order valence-electron chi connectivity index (χ3n) is 5.31. The van der Waals surface area contributed by atoms with E-state index in [0.717, 1.165) is 44.8 Å². The number of amides is 1. The second-order valence-electron chi connectivity index (χ2n) is 8.60. The molecule has 1 saturated heterocycles. The minimum absolute atomic E-state index is 0.345. The van der Waals surface area contributed by atoms with Crippen LogP contribution in [-0.2, 0) is 11.1 Å². The number of aliphatic hydroxyl groups excluding tert-OH is 2. The fraction of sp³-hybridized carbons (Fsp3) is 0.667. The standard InChI is InChI=1S/C21H37N4O6P/c1-17(26)13-23-7-8-24(14-18(2)27)10-12-25(11-9-23)15-19-3-5-20(6-4-19)21(28)22-16-32(29,30)31/h3-6,17-18,26-27H,7-16H2,1-2H3,(H,22,28)(H2,29,30,31)/t17-,18-/m0/s1. The van der Waals surface area contributed by atoms with Crippen molar-refractivity contribution in [2.75, 3.05) is 58.6 Å². The number of hydrogen-bond donors (Lipinski definition) is 5. The van der Waals surface area contributed by atoms with Crippen LogP contribution in [0.2, 0.25) is 0 Å². The first-order chi connectivity index (χ1) is 15.0. The number of benzene rings is 1. The van der Waals surface area contributed by atoms with Gasteiger partial charge in [0.25, 0.3) is 5.91 Å². The van der Waals surface area contributed by atoms with E-state index in [4.69, 9.17) is 9.79 Å². The second-order valence-corrected chi connectivity index (χ2v) is 10.2. The zero-order chi connectivity index (χ0) is 23.7. The van der Waals surface area contributed by atoms with Gasteiger partial charge in [0.05, 0.1) is 12.2 Å². The largest absolute Gasteiger partial charge is 0.392 e. The molecule has 1 fully saturated rings. The SMILES string of the molecule is C[C@H](O)CN1CCN(Cc2ccc(C(=O)NCP(=O)(O)O)cc2)CCN(C[C@H](C)O)CC1. The molecule has 2 atom stereocenters. The number of rotatable bonds is 9. The molecule has 1 aliphatic heterocycles. The number of nitrogens with zero attached hydrogens (tertiary/aromatic N) is 3. The summed E-state index contributed by atoms with van der Waals surface area (Å²) in [5, 5.41) is 21.9. The van der Waals surface area contributed by atoms with Crippen molar-refractivity contribution in [3.05, 3.63) is 35.4 Å². The molecule has 0 unspecified atom stereocenters. The van der Waals surface area contributed by atoms with Crippen LogP contribution in [0.3, 0.4) is 0 Å². The highest BCUT2D eigenvalue weighted by molar-refractivity contribution is 7.51. The molecule has 0 saturated carbocycles. The predicted octanol–water partition coefficient (Wildman–Crippen LogP) is -0.267. The van der Waals surface area contributed by atoms with Crippen LogP contribution in [0, 0.1) is 0 Å². The molecule has 0 aromatic heterocycles. The first-order valence-corrected chi connectivity index (χ1v) is 12.8. The van der Waals surface area contributed by atoms with E-state index in [1.54, 1.807) is 26.0 Å². The van der Waals surface area contributed by atoms with Crippen LogP contribution in [0.25, 0.3) is 0 Å². The summed E-state index contributed by atoms with van der Waals surface area (Å²) in [5.41, 5.74) is 1.37. The van der Waals surface area contributed by atoms with Crippen molar-refractivity contribution in [3.63, 3.8) is 0 Å². The van der Waals surface area contributed by atoms with E-state index in [9.17, 15) is 19.6 Å². The Hall–Kier alpha value is -1.36. The van der Waals surface area contributed by atoms with Gasteiger partial charge in [-0.3, -0.25) is 24.1 Å². The summed E-state index contributed by atoms with van der Waals surface area (Å²) in [6, 6.07) is 7.00. The molecular weight excluding hydrogens is 435 g/mol. The molecule has 11 heteroatoms. The third kappa shape index (κ3) is 10.5. The molecule has 32 heavy (non-hydrogen) atoms. The van der Waals surface area contributed by atoms with Gasteiger partial charge in [-0.1, -0.05) is 12.1 Å². The van der Waals surface area contributed by atoms with Gasteiger partial charge in [0.15, 0.2) is 0 Å². The monoisotopic (exact) mass is 472 g/mol. The Labute approximate surface area is 190 Å². The van der Waals surface area contributed by atoms with Crippen LogP contribution in [0.15, 0.2) is 24.3 Å². The molecule has 2 rings (SSSR count). The predicted molar refractivity (Wildman–Crippen MR) is 122 cm³/mol. The molecule has 0 spiro atoms. The Kier molecular flexibility index (Phi) is 10.7. The molecular formula is C21H37N4O6P. The summed E-state index contributed by atoms with van der Waals surface area (Å²) < 4.78 is 10.9. The van der Waals surface area contributed by atoms with Gasteiger partial charge in [0.2, 0.25) is 0 Å². The topological polar surface area (TPSA) is 137 Å². The summed E-state index contributed by atoms with van der Waals surface area (Å²) >= 11 is 0. The molecule has 0 radical (unpaired) electrons. The number of hydrogen-bond acceptors (Lipinski definition) is 7. The lowest BCUT2D eigenvalue weighted by Gasteiger charge is -2.27. The van der Waals surface area contributed by atoms with Crippen LogP contribution >= 0.6 is 7.60 Å². The average Bonchev–Trinajstić information content (AvgIpc) is 2.78. The fourth-order valence-corrected chi connectivity index (χ4v) is 4.10. The normalized spacial score (nSPS) is 19.6. The van der Waals surface area contributed by atoms with E-state index >= 15 is 0 Å². The zero-order valence-electron chi connectivity index (χ0n) is 18.9. The maximum atomic E-state index is 12.0. The number of aliphatic hydroxyl groups is 2. The molecule has 1 heterocycles. The van der Waals surface area contributed by atoms with Crippen molar-refractivity contribution in [1.29, 1.82) is 0 Å². The highest BCUT2D eigenvalue weighted by Crippen LogP contribution is 2.32. The van der Waals surface area contributed by atoms with Gasteiger partial charge in [-0.2, -0.15) is 0 Å². The van der Waals surface area contributed by atoms with Crippen LogP contribution in [0.1, 0.15) is 29.8 Å². The Morgan fingerprint density at radius 3 is 1.75 bits per heavy atom. The van der Waals surface area contributed by atoms with E-state index in [0.29, 0.717) is 25.2 Å². The molecule has 182 valence electrons. The fourth-order valence-electron chi connectivity index (χ4n) is 3.75. The summed E-state index contributed by atoms with van der Waals surface area (Å²) in [6.07, 6.45) is -1.50. The van der Waals surface area contributed by atoms with E-state index in [-0.39, 0.29) is 0 Å². The lowest BCUT2D eigenvalue weighted by atomic mass is 10.1. The van der Waals surface area contributed by atoms with E-state index in [1.165, 1.54) is 0 Å². The Balaban J connectivity index is 2.00. The van der Waals surface area contributed by atoms with Gasteiger partial charge < -0.3 is 25.3 Å². The number of carbonyl (C=O) groups excluding carboxylic acids is 1. The van der Waals surface area contributed by atoms with Crippen LogP contribution in [0.5, 0.6) is 0 Å². The molecule has 5 N–H and O–H groups in total. The Morgan fingerprint density at radius 2 is 1.34 bits per heavy atom. The minimum atomic E-state index is -4.29. The second kappa shape index (κ2) is 12.8. The number of β-amino-alcohol motifs (C(OH)–C–C–N with tert-alkyl or cyclic N) is 2. The average molecular weight is 473 g/mol. The molecule has 1 amide bonds. The number of carbonyl (C=O) groups is 1. The highest BCUT2D eigenvalue weighted by Gasteiger charge is 2.19. The summed E-state index contributed by atoms with van der Waals surface area (Å²) in [6.45, 7) is 10.5. The van der Waals surface area contributed by atoms with Gasteiger partial charge >= 0.3 is 7.60 Å². The van der Waals surface area contributed by atoms with E-state index in [2.05, 4.69) is 20.0 Å². The maximum Gasteiger partial charge on any atom is 0.344 e. The minimum Gasteiger partial charge on any atom is -0.392 e. The molecule has 0 bridgehead atoms. The van der Waals surface area contributed by atoms with Crippen molar-refractivity contribution >= 4 is 13.5 Å². The third-order valence-corrected chi connectivity index (χ3v) is 5.88. The first-order valence-electron chi connectivity index (χ1n) is 11.0. The van der Waals surface area contributed by atoms with E-state index < -0.39 is 32.0 Å². The summed E-state index contributed by atoms with van der Waals surface area (Å²) in [5.74, 6) is -0.523. The van der Waals surface area contributed by atoms with E-state index in [1.807, 2.05) is 12.1 Å². The van der Waals surface area contributed by atoms with Crippen LogP contribution in [0.4, 0.5) is 0 Å². The molecule has 1 aromatic rings. The first kappa shape index (κ1) is 26.9. The quantitative estimate of drug-likeness (QED) is 0.308. The zero-order valence-corrected chi connectivity index (χ0v) is 19.8. The lowest BCUT2D eigenvalue weighted by molar-refractivity contribution is 0.0957. The maximum absolute atomic E-state index is 12.0. The van der Waals surface area contributed by atoms with Crippen molar-refractivity contribution in [2.24, 2.45) is 0 Å². The Bertz CT molecular complexity index is 733. The van der Waals surface area contributed by atoms with Gasteiger partial charge in [-0.25, -0.2) is 0 Å². The van der Waals surface area contributed by atoms with Crippen molar-refractivity contribution in [1.82, 2.24) is 20.0 Å². The van der Waals surface area contributed by atoms with Gasteiger partial charge in [0, 0.05) is 64.5 Å². The lowest BCUT2D eigenvalue weighted by Crippen LogP contribution is -2.41. The summed E-state index contributed by atoms with van der Waals surface area (Å²) in [7, 11) is -4.29. The molecule has 10 nitrogen and oxygen atoms in total. The highest BCUT2D eigenvalue weighted by atomic mass is 31.2. The van der Waals surface area contributed by atoms with Gasteiger partial charge in [-0.05, 0) is 31.5 Å². The van der Waals surface area contributed by atoms with Gasteiger partial charge in [0.1, 0.15) is 6.29 Å². The Morgan fingerprint density at radius 1 is 0.906 bits per heavy atom. The molecule has 1 aromatic carbocycles. The van der Waals surface area contributed by atoms with Crippen molar-refractivity contribution in [2.45, 2.75) is 32.6 Å². The summed E-state index contributed by atoms with van der Waals surface area (Å²) in [4.78, 5) is 36.6. The smallest absolute Gasteiger partial charge is 0.344 e. The van der Waals surface area contributed by atoms with Crippen molar-refractivity contribution in [3.8, 4) is 0 Å². The molecule has 0 aliphatic carbocycles. The molecule has 1 aliphatic rings. The van der Waals surface area contributed by atoms with Crippen LogP contribution < -0.4 is 5.32 Å².